The van der Waals surface area contributed by atoms with Gasteiger partial charge in [-0.05, 0) is 20.3 Å². The predicted molar refractivity (Wildman–Crippen MR) is 43.7 cm³/mol. The third-order valence-electron chi connectivity index (χ3n) is 1.70. The minimum Gasteiger partial charge on any atom is -0.198 e. The maximum atomic E-state index is 8.69. The molecule has 0 saturated heterocycles. The van der Waals surface area contributed by atoms with Gasteiger partial charge in [0.2, 0.25) is 0 Å². The molecule has 0 heterocycles. The van der Waals surface area contributed by atoms with E-state index in [1.165, 1.54) is 0 Å². The molecule has 0 fully saturated rings. The van der Waals surface area contributed by atoms with E-state index in [2.05, 4.69) is 12.1 Å². The topological polar surface area (TPSA) is 47.6 Å². The summed E-state index contributed by atoms with van der Waals surface area (Å²) in [6, 6.07) is 4.20. The molecule has 0 aliphatic carbocycles. The van der Waals surface area contributed by atoms with E-state index >= 15 is 0 Å². The van der Waals surface area contributed by atoms with Crippen LogP contribution in [0.15, 0.2) is 0 Å². The number of rotatable bonds is 3. The van der Waals surface area contributed by atoms with Crippen molar-refractivity contribution in [1.29, 1.82) is 10.5 Å². The summed E-state index contributed by atoms with van der Waals surface area (Å²) in [5, 5.41) is 17.2. The summed E-state index contributed by atoms with van der Waals surface area (Å²) >= 11 is 0. The molecule has 0 spiro atoms. The Morgan fingerprint density at radius 1 is 1.55 bits per heavy atom. The van der Waals surface area contributed by atoms with E-state index in [9.17, 15) is 0 Å². The summed E-state index contributed by atoms with van der Waals surface area (Å²) in [5.41, 5.74) is -0.533. The molecule has 0 aromatic rings. The standard InChI is InChI=1S/C8H11BN2/c1-7(4-10)3-8(2,5-9)6-11/h7H,3,5H2,1-2H3. The van der Waals surface area contributed by atoms with Gasteiger partial charge in [-0.1, -0.05) is 6.32 Å². The third kappa shape index (κ3) is 3.09. The van der Waals surface area contributed by atoms with Crippen molar-refractivity contribution in [2.75, 3.05) is 0 Å². The zero-order valence-electron chi connectivity index (χ0n) is 6.96. The molecular formula is C8H11BN2. The van der Waals surface area contributed by atoms with Crippen LogP contribution in [0.2, 0.25) is 6.32 Å². The van der Waals surface area contributed by atoms with E-state index < -0.39 is 5.41 Å². The second kappa shape index (κ2) is 4.03. The molecule has 0 aliphatic rings. The lowest BCUT2D eigenvalue weighted by molar-refractivity contribution is 0.403. The van der Waals surface area contributed by atoms with Gasteiger partial charge in [-0.25, -0.2) is 0 Å². The molecule has 2 nitrogen and oxygen atoms in total. The highest BCUT2D eigenvalue weighted by Gasteiger charge is 2.23. The van der Waals surface area contributed by atoms with Crippen molar-refractivity contribution in [1.82, 2.24) is 0 Å². The Morgan fingerprint density at radius 3 is 2.36 bits per heavy atom. The Bertz CT molecular complexity index is 201. The lowest BCUT2D eigenvalue weighted by Gasteiger charge is -2.20. The lowest BCUT2D eigenvalue weighted by Crippen LogP contribution is -2.16. The van der Waals surface area contributed by atoms with Crippen LogP contribution in [0, 0.1) is 34.0 Å². The van der Waals surface area contributed by atoms with Crippen LogP contribution in [0.1, 0.15) is 20.3 Å². The van der Waals surface area contributed by atoms with Gasteiger partial charge in [0.15, 0.2) is 0 Å². The Kier molecular flexibility index (Phi) is 3.68. The van der Waals surface area contributed by atoms with Crippen molar-refractivity contribution in [3.63, 3.8) is 0 Å². The molecule has 0 aromatic heterocycles. The van der Waals surface area contributed by atoms with Crippen molar-refractivity contribution in [2.24, 2.45) is 11.3 Å². The molecule has 0 aliphatic heterocycles. The van der Waals surface area contributed by atoms with Crippen LogP contribution >= 0.6 is 0 Å². The van der Waals surface area contributed by atoms with Crippen LogP contribution in [-0.2, 0) is 0 Å². The molecule has 0 N–H and O–H groups in total. The molecule has 56 valence electrons. The largest absolute Gasteiger partial charge is 0.198 e. The molecule has 0 bridgehead atoms. The zero-order valence-corrected chi connectivity index (χ0v) is 6.96. The highest BCUT2D eigenvalue weighted by atomic mass is 14.4. The summed E-state index contributed by atoms with van der Waals surface area (Å²) in [5.74, 6) is -0.0943. The Morgan fingerprint density at radius 2 is 2.09 bits per heavy atom. The summed E-state index contributed by atoms with van der Waals surface area (Å²) in [6.07, 6.45) is 0.867. The molecule has 0 aromatic carbocycles. The second-order valence-electron chi connectivity index (χ2n) is 3.11. The third-order valence-corrected chi connectivity index (χ3v) is 1.70. The molecular weight excluding hydrogens is 135 g/mol. The smallest absolute Gasteiger partial charge is 0.0679 e. The van der Waals surface area contributed by atoms with Gasteiger partial charge in [0.1, 0.15) is 0 Å². The normalized spacial score (nSPS) is 17.5. The number of nitrogens with zero attached hydrogens (tertiary/aromatic N) is 2. The summed E-state index contributed by atoms with van der Waals surface area (Å²) in [7, 11) is 5.39. The first-order valence-electron chi connectivity index (χ1n) is 3.59. The van der Waals surface area contributed by atoms with Crippen molar-refractivity contribution in [3.8, 4) is 12.1 Å². The van der Waals surface area contributed by atoms with Crippen LogP contribution < -0.4 is 0 Å². The van der Waals surface area contributed by atoms with Gasteiger partial charge in [0.05, 0.1) is 20.0 Å². The van der Waals surface area contributed by atoms with Crippen LogP contribution in [-0.4, -0.2) is 7.85 Å². The first-order chi connectivity index (χ1) is 5.08. The fraction of sp³-hybridized carbons (Fsp3) is 0.750. The SMILES string of the molecule is [B]CC(C)(C#N)CC(C)C#N. The fourth-order valence-electron chi connectivity index (χ4n) is 0.896. The van der Waals surface area contributed by atoms with Gasteiger partial charge in [-0.3, -0.25) is 0 Å². The Hall–Kier alpha value is -0.955. The van der Waals surface area contributed by atoms with Crippen molar-refractivity contribution in [3.05, 3.63) is 0 Å². The Balaban J connectivity index is 4.13. The van der Waals surface area contributed by atoms with Crippen LogP contribution in [0.4, 0.5) is 0 Å². The number of hydrogen-bond acceptors (Lipinski definition) is 2. The van der Waals surface area contributed by atoms with Gasteiger partial charge in [-0.2, -0.15) is 10.5 Å². The summed E-state index contributed by atoms with van der Waals surface area (Å²) < 4.78 is 0. The minimum atomic E-state index is -0.533. The number of hydrogen-bond donors (Lipinski definition) is 0. The van der Waals surface area contributed by atoms with Gasteiger partial charge >= 0.3 is 0 Å². The van der Waals surface area contributed by atoms with E-state index in [0.717, 1.165) is 0 Å². The first-order valence-corrected chi connectivity index (χ1v) is 3.59. The van der Waals surface area contributed by atoms with Crippen LogP contribution in [0.3, 0.4) is 0 Å². The molecule has 3 heteroatoms. The molecule has 2 atom stereocenters. The molecule has 0 amide bonds. The molecule has 0 rings (SSSR count). The van der Waals surface area contributed by atoms with Crippen molar-refractivity contribution < 1.29 is 0 Å². The van der Waals surface area contributed by atoms with Crippen LogP contribution in [0.25, 0.3) is 0 Å². The summed E-state index contributed by atoms with van der Waals surface area (Å²) in [4.78, 5) is 0. The van der Waals surface area contributed by atoms with Crippen molar-refractivity contribution >= 4 is 7.85 Å². The maximum Gasteiger partial charge on any atom is 0.0679 e. The van der Waals surface area contributed by atoms with E-state index in [1.807, 2.05) is 0 Å². The van der Waals surface area contributed by atoms with Crippen LogP contribution in [0.5, 0.6) is 0 Å². The van der Waals surface area contributed by atoms with E-state index in [0.29, 0.717) is 12.7 Å². The van der Waals surface area contributed by atoms with E-state index in [4.69, 9.17) is 18.4 Å². The monoisotopic (exact) mass is 146 g/mol. The quantitative estimate of drug-likeness (QED) is 0.568. The predicted octanol–water partition coefficient (Wildman–Crippen LogP) is 1.65. The van der Waals surface area contributed by atoms with Crippen molar-refractivity contribution in [2.45, 2.75) is 26.6 Å². The zero-order chi connectivity index (χ0) is 8.91. The summed E-state index contributed by atoms with van der Waals surface area (Å²) in [6.45, 7) is 3.58. The fourth-order valence-corrected chi connectivity index (χ4v) is 0.896. The molecule has 2 radical (unpaired) electrons. The molecule has 2 unspecified atom stereocenters. The lowest BCUT2D eigenvalue weighted by atomic mass is 9.73. The first kappa shape index (κ1) is 10.0. The number of nitriles is 2. The average molecular weight is 146 g/mol. The minimum absolute atomic E-state index is 0.0943. The maximum absolute atomic E-state index is 8.69. The average Bonchev–Trinajstić information content (AvgIpc) is 2.04. The highest BCUT2D eigenvalue weighted by molar-refractivity contribution is 6.09. The molecule has 0 saturated carbocycles. The highest BCUT2D eigenvalue weighted by Crippen LogP contribution is 2.27. The molecule has 11 heavy (non-hydrogen) atoms. The van der Waals surface area contributed by atoms with Gasteiger partial charge < -0.3 is 0 Å². The van der Waals surface area contributed by atoms with Gasteiger partial charge in [-0.15, -0.1) is 0 Å². The van der Waals surface area contributed by atoms with E-state index in [-0.39, 0.29) is 5.92 Å². The Labute approximate surface area is 69.2 Å². The van der Waals surface area contributed by atoms with Gasteiger partial charge in [0, 0.05) is 11.3 Å². The second-order valence-corrected chi connectivity index (χ2v) is 3.11. The van der Waals surface area contributed by atoms with E-state index in [1.54, 1.807) is 13.8 Å². The van der Waals surface area contributed by atoms with Gasteiger partial charge in [0.25, 0.3) is 0 Å².